The van der Waals surface area contributed by atoms with Gasteiger partial charge in [0, 0.05) is 0 Å². The van der Waals surface area contributed by atoms with Gasteiger partial charge >= 0.3 is 0 Å². The number of aliphatic hydroxyl groups excluding tert-OH is 3. The summed E-state index contributed by atoms with van der Waals surface area (Å²) in [5, 5.41) is 29.5. The Kier molecular flexibility index (Phi) is 3.05. The van der Waals surface area contributed by atoms with Gasteiger partial charge in [-0.25, -0.2) is 9.97 Å². The molecule has 0 radical (unpaired) electrons. The summed E-state index contributed by atoms with van der Waals surface area (Å²) >= 11 is 0. The topological polar surface area (TPSA) is 133 Å². The molecule has 0 saturated carbocycles. The van der Waals surface area contributed by atoms with E-state index < -0.39 is 36.2 Å². The van der Waals surface area contributed by atoms with E-state index in [0.717, 1.165) is 0 Å². The van der Waals surface area contributed by atoms with Crippen LogP contribution in [0.4, 0.5) is 0 Å². The third kappa shape index (κ3) is 1.83. The molecule has 1 saturated heterocycles. The maximum Gasteiger partial charge on any atom is 0.278 e. The lowest BCUT2D eigenvalue weighted by Crippen LogP contribution is -2.54. The smallest absolute Gasteiger partial charge is 0.278 e. The van der Waals surface area contributed by atoms with Gasteiger partial charge in [-0.15, -0.1) is 0 Å². The van der Waals surface area contributed by atoms with Gasteiger partial charge in [0.1, 0.15) is 18.3 Å². The van der Waals surface area contributed by atoms with E-state index in [-0.39, 0.29) is 11.2 Å². The summed E-state index contributed by atoms with van der Waals surface area (Å²) < 4.78 is 6.85. The predicted molar refractivity (Wildman–Crippen MR) is 65.8 cm³/mol. The van der Waals surface area contributed by atoms with E-state index in [1.807, 2.05) is 0 Å². The second kappa shape index (κ2) is 4.63. The first-order valence-electron chi connectivity index (χ1n) is 6.10. The largest absolute Gasteiger partial charge is 0.388 e. The third-order valence-corrected chi connectivity index (χ3v) is 3.47. The molecule has 4 N–H and O–H groups in total. The molecule has 0 aliphatic carbocycles. The van der Waals surface area contributed by atoms with Crippen LogP contribution < -0.4 is 5.56 Å². The Bertz CT molecular complexity index is 683. The molecule has 1 aliphatic rings. The summed E-state index contributed by atoms with van der Waals surface area (Å²) in [5.41, 5.74) is -0.0714. The number of hydrogen-bond donors (Lipinski definition) is 4. The number of aromatic amines is 1. The molecular formula is C11H14N4O5. The number of nitrogens with zero attached hydrogens (tertiary/aromatic N) is 3. The van der Waals surface area contributed by atoms with Gasteiger partial charge in [-0.2, -0.15) is 0 Å². The molecule has 2 aromatic heterocycles. The van der Waals surface area contributed by atoms with E-state index in [1.54, 1.807) is 6.92 Å². The van der Waals surface area contributed by atoms with E-state index in [2.05, 4.69) is 15.0 Å². The van der Waals surface area contributed by atoms with Crippen LogP contribution in [0.5, 0.6) is 0 Å². The minimum atomic E-state index is -1.36. The van der Waals surface area contributed by atoms with Gasteiger partial charge in [-0.3, -0.25) is 9.36 Å². The molecule has 0 amide bonds. The zero-order valence-electron chi connectivity index (χ0n) is 10.5. The molecule has 9 heteroatoms. The minimum Gasteiger partial charge on any atom is -0.388 e. The van der Waals surface area contributed by atoms with E-state index in [0.29, 0.717) is 0 Å². The van der Waals surface area contributed by atoms with Crippen molar-refractivity contribution in [2.45, 2.75) is 37.6 Å². The number of aromatic nitrogens is 4. The molecule has 0 unspecified atom stereocenters. The summed E-state index contributed by atoms with van der Waals surface area (Å²) in [6, 6.07) is 0. The SMILES string of the molecule is C[C@@H]1O[C@@H](n2cnc3c(=O)[nH]cnc32)[C@@H](O)[C@@H](O)[C@@H]1O. The van der Waals surface area contributed by atoms with Gasteiger partial charge < -0.3 is 25.0 Å². The van der Waals surface area contributed by atoms with Crippen LogP contribution in [0.1, 0.15) is 13.2 Å². The first-order valence-corrected chi connectivity index (χ1v) is 6.10. The summed E-state index contributed by atoms with van der Waals surface area (Å²) in [4.78, 5) is 21.9. The summed E-state index contributed by atoms with van der Waals surface area (Å²) in [6.45, 7) is 1.58. The summed E-state index contributed by atoms with van der Waals surface area (Å²) in [6.07, 6.45) is -3.05. The maximum absolute atomic E-state index is 11.6. The number of hydrogen-bond acceptors (Lipinski definition) is 7. The fraction of sp³-hybridized carbons (Fsp3) is 0.545. The van der Waals surface area contributed by atoms with Crippen molar-refractivity contribution in [3.8, 4) is 0 Å². The predicted octanol–water partition coefficient (Wildman–Crippen LogP) is -1.88. The highest BCUT2D eigenvalue weighted by Crippen LogP contribution is 2.29. The van der Waals surface area contributed by atoms with E-state index in [1.165, 1.54) is 17.2 Å². The van der Waals surface area contributed by atoms with E-state index in [4.69, 9.17) is 4.74 Å². The first kappa shape index (κ1) is 13.2. The number of aliphatic hydroxyl groups is 3. The van der Waals surface area contributed by atoms with Crippen molar-refractivity contribution in [3.63, 3.8) is 0 Å². The van der Waals surface area contributed by atoms with Crippen molar-refractivity contribution in [1.82, 2.24) is 19.5 Å². The molecule has 1 fully saturated rings. The fourth-order valence-electron chi connectivity index (χ4n) is 2.31. The standard InChI is InChI=1S/C11H14N4O5/c1-4-6(16)7(17)8(18)11(20-4)15-3-14-5-9(15)12-2-13-10(5)19/h2-4,6-8,11,16-18H,1H3,(H,12,13,19)/t4-,6+,7-,8-,11+/m0/s1. The highest BCUT2D eigenvalue weighted by molar-refractivity contribution is 5.68. The van der Waals surface area contributed by atoms with Crippen molar-refractivity contribution in [2.24, 2.45) is 0 Å². The van der Waals surface area contributed by atoms with Crippen molar-refractivity contribution < 1.29 is 20.1 Å². The second-order valence-electron chi connectivity index (χ2n) is 4.76. The summed E-state index contributed by atoms with van der Waals surface area (Å²) in [7, 11) is 0. The molecule has 3 heterocycles. The quantitative estimate of drug-likeness (QED) is 0.481. The third-order valence-electron chi connectivity index (χ3n) is 3.47. The number of H-pyrrole nitrogens is 1. The molecule has 9 nitrogen and oxygen atoms in total. The van der Waals surface area contributed by atoms with E-state index >= 15 is 0 Å². The molecule has 0 aromatic carbocycles. The van der Waals surface area contributed by atoms with Gasteiger partial charge in [0.05, 0.1) is 18.8 Å². The van der Waals surface area contributed by atoms with Crippen molar-refractivity contribution in [3.05, 3.63) is 23.0 Å². The molecule has 20 heavy (non-hydrogen) atoms. The minimum absolute atomic E-state index is 0.108. The number of ether oxygens (including phenoxy) is 1. The van der Waals surface area contributed by atoms with Gasteiger partial charge in [-0.05, 0) is 6.92 Å². The van der Waals surface area contributed by atoms with Crippen LogP contribution in [0.3, 0.4) is 0 Å². The molecule has 2 aromatic rings. The molecular weight excluding hydrogens is 268 g/mol. The van der Waals surface area contributed by atoms with Crippen molar-refractivity contribution in [1.29, 1.82) is 0 Å². The average molecular weight is 282 g/mol. The average Bonchev–Trinajstić information content (AvgIpc) is 2.86. The molecule has 0 spiro atoms. The van der Waals surface area contributed by atoms with Gasteiger partial charge in [0.25, 0.3) is 5.56 Å². The van der Waals surface area contributed by atoms with Crippen LogP contribution in [0.25, 0.3) is 11.2 Å². The lowest BCUT2D eigenvalue weighted by Gasteiger charge is -2.39. The van der Waals surface area contributed by atoms with Crippen molar-refractivity contribution in [2.75, 3.05) is 0 Å². The van der Waals surface area contributed by atoms with Gasteiger partial charge in [-0.1, -0.05) is 0 Å². The number of imidazole rings is 1. The van der Waals surface area contributed by atoms with Crippen LogP contribution in [0.15, 0.2) is 17.4 Å². The van der Waals surface area contributed by atoms with Crippen LogP contribution in [-0.4, -0.2) is 59.3 Å². The lowest BCUT2D eigenvalue weighted by atomic mass is 9.99. The van der Waals surface area contributed by atoms with Crippen LogP contribution in [0.2, 0.25) is 0 Å². The van der Waals surface area contributed by atoms with Crippen LogP contribution >= 0.6 is 0 Å². The van der Waals surface area contributed by atoms with Crippen LogP contribution in [-0.2, 0) is 4.74 Å². The lowest BCUT2D eigenvalue weighted by molar-refractivity contribution is -0.239. The Hall–Kier alpha value is -1.81. The fourth-order valence-corrected chi connectivity index (χ4v) is 2.31. The number of rotatable bonds is 1. The Balaban J connectivity index is 2.07. The molecule has 1 aliphatic heterocycles. The zero-order chi connectivity index (χ0) is 14.4. The first-order chi connectivity index (χ1) is 9.50. The summed E-state index contributed by atoms with van der Waals surface area (Å²) in [5.74, 6) is 0. The normalized spacial score (nSPS) is 34.5. The highest BCUT2D eigenvalue weighted by atomic mass is 16.5. The number of nitrogens with one attached hydrogen (secondary N) is 1. The molecule has 5 atom stereocenters. The molecule has 3 rings (SSSR count). The zero-order valence-corrected chi connectivity index (χ0v) is 10.5. The molecule has 0 bridgehead atoms. The van der Waals surface area contributed by atoms with Crippen molar-refractivity contribution >= 4 is 11.2 Å². The van der Waals surface area contributed by atoms with E-state index in [9.17, 15) is 20.1 Å². The Morgan fingerprint density at radius 3 is 2.75 bits per heavy atom. The maximum atomic E-state index is 11.6. The Morgan fingerprint density at radius 2 is 2.00 bits per heavy atom. The van der Waals surface area contributed by atoms with Crippen LogP contribution in [0, 0.1) is 0 Å². The molecule has 108 valence electrons. The monoisotopic (exact) mass is 282 g/mol. The second-order valence-corrected chi connectivity index (χ2v) is 4.76. The van der Waals surface area contributed by atoms with Gasteiger partial charge in [0.2, 0.25) is 0 Å². The highest BCUT2D eigenvalue weighted by Gasteiger charge is 2.43. The Labute approximate surface area is 112 Å². The number of fused-ring (bicyclic) bond motifs is 1. The Morgan fingerprint density at radius 1 is 1.25 bits per heavy atom. The van der Waals surface area contributed by atoms with Gasteiger partial charge in [0.15, 0.2) is 17.4 Å².